The van der Waals surface area contributed by atoms with Crippen LogP contribution in [-0.4, -0.2) is 0 Å². The van der Waals surface area contributed by atoms with E-state index in [0.717, 1.165) is 12.8 Å². The van der Waals surface area contributed by atoms with Crippen molar-refractivity contribution in [3.63, 3.8) is 0 Å². The van der Waals surface area contributed by atoms with Gasteiger partial charge in [-0.25, -0.2) is 0 Å². The van der Waals surface area contributed by atoms with E-state index in [1.807, 2.05) is 12.1 Å². The number of hydrogen-bond acceptors (Lipinski definition) is 1. The van der Waals surface area contributed by atoms with E-state index in [2.05, 4.69) is 5.80 Å². The van der Waals surface area contributed by atoms with Gasteiger partial charge in [0.1, 0.15) is 0 Å². The Labute approximate surface area is 72.5 Å². The van der Waals surface area contributed by atoms with Gasteiger partial charge in [-0.3, -0.25) is 0 Å². The van der Waals surface area contributed by atoms with E-state index in [4.69, 9.17) is 12.6 Å². The van der Waals surface area contributed by atoms with Crippen LogP contribution in [0.2, 0.25) is 0 Å². The van der Waals surface area contributed by atoms with Crippen molar-refractivity contribution >= 4 is 20.8 Å². The molecule has 0 radical (unpaired) electrons. The Kier molecular flexibility index (Phi) is 4.50. The van der Waals surface area contributed by atoms with Gasteiger partial charge in [-0.15, -0.1) is 0 Å². The summed E-state index contributed by atoms with van der Waals surface area (Å²) in [5, 5.41) is 0. The molecule has 0 saturated heterocycles. The normalized spacial score (nSPS) is 8.57. The van der Waals surface area contributed by atoms with Crippen molar-refractivity contribution in [1.29, 1.82) is 0 Å². The molecule has 0 aliphatic rings. The molecule has 3 heteroatoms. The minimum Gasteiger partial charge on any atom is -0.776 e. The van der Waals surface area contributed by atoms with Crippen LogP contribution < -0.4 is 29.6 Å². The van der Waals surface area contributed by atoms with Crippen LogP contribution in [0.25, 0.3) is 0 Å². The Balaban J connectivity index is 0.000000360. The molecule has 1 unspecified atom stereocenters. The third-order valence-electron chi connectivity index (χ3n) is 0.569. The molecule has 1 heterocycles. The zero-order chi connectivity index (χ0) is 4.41. The van der Waals surface area contributed by atoms with Crippen molar-refractivity contribution < 1.29 is 29.6 Å². The van der Waals surface area contributed by atoms with Crippen LogP contribution in [0.4, 0.5) is 0 Å². The molecule has 7 heavy (non-hydrogen) atoms. The smallest absolute Gasteiger partial charge is 0.776 e. The summed E-state index contributed by atoms with van der Waals surface area (Å²) >= 11 is 4.81. The zero-order valence-corrected chi connectivity index (χ0v) is 7.96. The summed E-state index contributed by atoms with van der Waals surface area (Å²) in [7, 11) is 0.778. The van der Waals surface area contributed by atoms with Crippen molar-refractivity contribution in [2.24, 2.45) is 0 Å². The SMILES string of the molecule is [Na+].[S-]c1ccc[pH]1. The molecule has 0 saturated carbocycles. The van der Waals surface area contributed by atoms with Gasteiger partial charge in [0.25, 0.3) is 0 Å². The van der Waals surface area contributed by atoms with Crippen LogP contribution in [-0.2, 0) is 12.6 Å². The van der Waals surface area contributed by atoms with Gasteiger partial charge >= 0.3 is 29.6 Å². The molecule has 0 bridgehead atoms. The fraction of sp³-hybridized carbons (Fsp3) is 0. The largest absolute Gasteiger partial charge is 1.00 e. The van der Waals surface area contributed by atoms with Crippen LogP contribution in [0.1, 0.15) is 0 Å². The zero-order valence-electron chi connectivity index (χ0n) is 4.14. The maximum atomic E-state index is 4.81. The third-order valence-corrected chi connectivity index (χ3v) is 1.87. The van der Waals surface area contributed by atoms with Crippen molar-refractivity contribution in [3.8, 4) is 0 Å². The summed E-state index contributed by atoms with van der Waals surface area (Å²) in [5.74, 6) is 2.09. The molecular formula is C4H4NaPS. The maximum absolute atomic E-state index is 4.81. The van der Waals surface area contributed by atoms with E-state index in [-0.39, 0.29) is 29.6 Å². The first kappa shape index (κ1) is 8.00. The minimum absolute atomic E-state index is 0. The average Bonchev–Trinajstić information content (AvgIpc) is 1.86. The molecule has 0 amide bonds. The van der Waals surface area contributed by atoms with Crippen LogP contribution in [0, 0.1) is 0 Å². The fourth-order valence-electron chi connectivity index (χ4n) is 0.314. The number of rotatable bonds is 0. The summed E-state index contributed by atoms with van der Waals surface area (Å²) in [6.45, 7) is 0. The molecule has 0 spiro atoms. The van der Waals surface area contributed by atoms with Crippen LogP contribution in [0.3, 0.4) is 0 Å². The Morgan fingerprint density at radius 2 is 2.29 bits per heavy atom. The van der Waals surface area contributed by atoms with Gasteiger partial charge in [0.2, 0.25) is 0 Å². The molecule has 0 fully saturated rings. The molecular weight excluding hydrogens is 134 g/mol. The molecule has 1 aromatic rings. The van der Waals surface area contributed by atoms with Gasteiger partial charge < -0.3 is 12.6 Å². The van der Waals surface area contributed by atoms with Gasteiger partial charge in [-0.1, -0.05) is 12.1 Å². The monoisotopic (exact) mass is 138 g/mol. The van der Waals surface area contributed by atoms with Crippen LogP contribution in [0.15, 0.2) is 22.6 Å². The standard InChI is InChI=1S/C4H5PS.Na/c6-4-2-1-3-5-4;/h1-3,5-6H;/q;+1/p-1. The summed E-state index contributed by atoms with van der Waals surface area (Å²) in [6.07, 6.45) is 0. The second-order valence-corrected chi connectivity index (χ2v) is 3.00. The quantitative estimate of drug-likeness (QED) is 0.315. The molecule has 1 aromatic heterocycles. The fourth-order valence-corrected chi connectivity index (χ4v) is 1.15. The van der Waals surface area contributed by atoms with Crippen molar-refractivity contribution in [3.05, 3.63) is 17.9 Å². The van der Waals surface area contributed by atoms with Crippen molar-refractivity contribution in [2.45, 2.75) is 4.63 Å². The Bertz CT molecular complexity index is 115. The first-order valence-corrected chi connectivity index (χ1v) is 3.18. The van der Waals surface area contributed by atoms with E-state index in [1.165, 1.54) is 0 Å². The molecule has 0 aliphatic heterocycles. The molecule has 0 aromatic carbocycles. The molecule has 1 atom stereocenters. The van der Waals surface area contributed by atoms with E-state index < -0.39 is 0 Å². The van der Waals surface area contributed by atoms with Gasteiger partial charge in [0.15, 0.2) is 0 Å². The molecule has 0 N–H and O–H groups in total. The Hall–Kier alpha value is 1.000. The van der Waals surface area contributed by atoms with Crippen molar-refractivity contribution in [2.75, 3.05) is 0 Å². The van der Waals surface area contributed by atoms with E-state index in [1.54, 1.807) is 0 Å². The molecule has 0 nitrogen and oxygen atoms in total. The van der Waals surface area contributed by atoms with Gasteiger partial charge in [0, 0.05) is 0 Å². The average molecular weight is 138 g/mol. The predicted octanol–water partition coefficient (Wildman–Crippen LogP) is -1.37. The molecule has 32 valence electrons. The summed E-state index contributed by atoms with van der Waals surface area (Å²) in [5.41, 5.74) is 0. The second kappa shape index (κ2) is 3.94. The Morgan fingerprint density at radius 1 is 1.57 bits per heavy atom. The first-order chi connectivity index (χ1) is 2.89. The summed E-state index contributed by atoms with van der Waals surface area (Å²) < 4.78 is 1.08. The van der Waals surface area contributed by atoms with Crippen LogP contribution in [0.5, 0.6) is 0 Å². The third kappa shape index (κ3) is 2.73. The molecule has 0 aliphatic carbocycles. The van der Waals surface area contributed by atoms with Gasteiger partial charge in [0.05, 0.1) is 0 Å². The van der Waals surface area contributed by atoms with E-state index in [0.29, 0.717) is 0 Å². The number of hydrogen-bond donors (Lipinski definition) is 0. The van der Waals surface area contributed by atoms with E-state index in [9.17, 15) is 0 Å². The second-order valence-electron chi connectivity index (χ2n) is 1.03. The summed E-state index contributed by atoms with van der Waals surface area (Å²) in [4.78, 5) is 0. The van der Waals surface area contributed by atoms with Gasteiger partial charge in [-0.05, 0) is 5.80 Å². The van der Waals surface area contributed by atoms with E-state index >= 15 is 0 Å². The minimum atomic E-state index is 0. The topological polar surface area (TPSA) is 0 Å². The summed E-state index contributed by atoms with van der Waals surface area (Å²) in [6, 6.07) is 3.97. The van der Waals surface area contributed by atoms with Crippen LogP contribution >= 0.6 is 8.19 Å². The maximum Gasteiger partial charge on any atom is 1.00 e. The van der Waals surface area contributed by atoms with Crippen molar-refractivity contribution in [1.82, 2.24) is 0 Å². The molecule has 1 rings (SSSR count). The Morgan fingerprint density at radius 3 is 2.43 bits per heavy atom. The van der Waals surface area contributed by atoms with Gasteiger partial charge in [-0.2, -0.15) is 12.8 Å². The predicted molar refractivity (Wildman–Crippen MR) is 31.6 cm³/mol. The first-order valence-electron chi connectivity index (χ1n) is 1.70.